The highest BCUT2D eigenvalue weighted by atomic mass is 35.5. The molecule has 1 atom stereocenters. The average Bonchev–Trinajstić information content (AvgIpc) is 2.41. The van der Waals surface area contributed by atoms with Gasteiger partial charge in [0.25, 0.3) is 0 Å². The zero-order chi connectivity index (χ0) is 15.5. The molecule has 0 aliphatic carbocycles. The Morgan fingerprint density at radius 1 is 1.43 bits per heavy atom. The number of rotatable bonds is 4. The van der Waals surface area contributed by atoms with Gasteiger partial charge in [-0.05, 0) is 38.3 Å². The molecule has 1 aliphatic heterocycles. The van der Waals surface area contributed by atoms with E-state index in [2.05, 4.69) is 10.2 Å². The fourth-order valence-electron chi connectivity index (χ4n) is 2.59. The number of hydrogen-bond donors (Lipinski definition) is 2. The van der Waals surface area contributed by atoms with Crippen molar-refractivity contribution in [1.82, 2.24) is 10.2 Å². The van der Waals surface area contributed by atoms with Crippen molar-refractivity contribution in [2.75, 3.05) is 19.6 Å². The van der Waals surface area contributed by atoms with Gasteiger partial charge in [0, 0.05) is 18.1 Å². The largest absolute Gasteiger partial charge is 0.390 e. The first-order chi connectivity index (χ1) is 9.87. The summed E-state index contributed by atoms with van der Waals surface area (Å²) < 4.78 is 0. The van der Waals surface area contributed by atoms with E-state index in [4.69, 9.17) is 11.6 Å². The van der Waals surface area contributed by atoms with Gasteiger partial charge in [0.2, 0.25) is 5.91 Å². The lowest BCUT2D eigenvalue weighted by molar-refractivity contribution is -0.124. The molecular weight excluding hydrogens is 288 g/mol. The predicted molar refractivity (Wildman–Crippen MR) is 84.3 cm³/mol. The smallest absolute Gasteiger partial charge is 0.234 e. The maximum absolute atomic E-state index is 12.1. The van der Waals surface area contributed by atoms with Gasteiger partial charge in [-0.25, -0.2) is 0 Å². The van der Waals surface area contributed by atoms with Crippen LogP contribution in [0.15, 0.2) is 24.3 Å². The highest BCUT2D eigenvalue weighted by Gasteiger charge is 2.28. The summed E-state index contributed by atoms with van der Waals surface area (Å²) in [5, 5.41) is 13.6. The van der Waals surface area contributed by atoms with E-state index in [9.17, 15) is 9.90 Å². The Hall–Kier alpha value is -1.10. The molecular formula is C16H23ClN2O2. The Kier molecular flexibility index (Phi) is 5.25. The summed E-state index contributed by atoms with van der Waals surface area (Å²) in [5.74, 6) is -0.0102. The van der Waals surface area contributed by atoms with Crippen molar-refractivity contribution >= 4 is 17.5 Å². The molecule has 5 heteroatoms. The maximum Gasteiger partial charge on any atom is 0.234 e. The van der Waals surface area contributed by atoms with E-state index in [-0.39, 0.29) is 11.9 Å². The monoisotopic (exact) mass is 310 g/mol. The van der Waals surface area contributed by atoms with Crippen LogP contribution >= 0.6 is 11.6 Å². The summed E-state index contributed by atoms with van der Waals surface area (Å²) in [7, 11) is 0. The zero-order valence-corrected chi connectivity index (χ0v) is 13.4. The number of nitrogens with zero attached hydrogens (tertiary/aromatic N) is 1. The predicted octanol–water partition coefficient (Wildman–Crippen LogP) is 2.36. The number of nitrogens with one attached hydrogen (secondary N) is 1. The minimum absolute atomic E-state index is 0.0102. The first-order valence-electron chi connectivity index (χ1n) is 7.36. The van der Waals surface area contributed by atoms with Crippen molar-refractivity contribution in [2.24, 2.45) is 0 Å². The van der Waals surface area contributed by atoms with E-state index < -0.39 is 5.60 Å². The molecule has 0 aromatic heterocycles. The minimum Gasteiger partial charge on any atom is -0.390 e. The summed E-state index contributed by atoms with van der Waals surface area (Å²) in [5.41, 5.74) is 0.340. The van der Waals surface area contributed by atoms with Crippen molar-refractivity contribution in [1.29, 1.82) is 0 Å². The summed E-state index contributed by atoms with van der Waals surface area (Å²) in [6.45, 7) is 5.65. The van der Waals surface area contributed by atoms with Crippen molar-refractivity contribution in [2.45, 2.75) is 38.3 Å². The number of piperidine rings is 1. The van der Waals surface area contributed by atoms with Crippen LogP contribution in [0, 0.1) is 0 Å². The van der Waals surface area contributed by atoms with Crippen LogP contribution in [-0.4, -0.2) is 41.1 Å². The Balaban J connectivity index is 1.84. The number of halogens is 1. The summed E-state index contributed by atoms with van der Waals surface area (Å²) in [4.78, 5) is 14.2. The number of amides is 1. The molecule has 0 radical (unpaired) electrons. The van der Waals surface area contributed by atoms with Gasteiger partial charge in [-0.3, -0.25) is 9.69 Å². The van der Waals surface area contributed by atoms with Crippen molar-refractivity contribution in [3.05, 3.63) is 34.9 Å². The summed E-state index contributed by atoms with van der Waals surface area (Å²) >= 11 is 6.14. The lowest BCUT2D eigenvalue weighted by Crippen LogP contribution is -2.46. The SMILES string of the molecule is CC(NC(=O)CN1CCC(C)(O)CC1)c1ccccc1Cl. The highest BCUT2D eigenvalue weighted by Crippen LogP contribution is 2.23. The number of benzene rings is 1. The van der Waals surface area contributed by atoms with E-state index in [1.165, 1.54) is 0 Å². The molecule has 116 valence electrons. The molecule has 1 aliphatic rings. The van der Waals surface area contributed by atoms with E-state index >= 15 is 0 Å². The fraction of sp³-hybridized carbons (Fsp3) is 0.562. The quantitative estimate of drug-likeness (QED) is 0.897. The van der Waals surface area contributed by atoms with Crippen molar-refractivity contribution < 1.29 is 9.90 Å². The molecule has 1 heterocycles. The Morgan fingerprint density at radius 2 is 2.05 bits per heavy atom. The summed E-state index contributed by atoms with van der Waals surface area (Å²) in [6.07, 6.45) is 1.42. The molecule has 2 rings (SSSR count). The highest BCUT2D eigenvalue weighted by molar-refractivity contribution is 6.31. The van der Waals surface area contributed by atoms with Crippen LogP contribution in [0.1, 0.15) is 38.3 Å². The van der Waals surface area contributed by atoms with Crippen LogP contribution in [-0.2, 0) is 4.79 Å². The molecule has 21 heavy (non-hydrogen) atoms. The number of likely N-dealkylation sites (tertiary alicyclic amines) is 1. The van der Waals surface area contributed by atoms with E-state index in [1.807, 2.05) is 38.1 Å². The van der Waals surface area contributed by atoms with Gasteiger partial charge in [-0.15, -0.1) is 0 Å². The molecule has 1 saturated heterocycles. The standard InChI is InChI=1S/C16H23ClN2O2/c1-12(13-5-3-4-6-14(13)17)18-15(20)11-19-9-7-16(2,21)8-10-19/h3-6,12,21H,7-11H2,1-2H3,(H,18,20). The molecule has 1 amide bonds. The molecule has 1 fully saturated rings. The molecule has 1 unspecified atom stereocenters. The Morgan fingerprint density at radius 3 is 2.67 bits per heavy atom. The van der Waals surface area contributed by atoms with Crippen molar-refractivity contribution in [3.63, 3.8) is 0 Å². The summed E-state index contributed by atoms with van der Waals surface area (Å²) in [6, 6.07) is 7.42. The second-order valence-corrected chi connectivity index (χ2v) is 6.49. The van der Waals surface area contributed by atoms with Crippen LogP contribution in [0.5, 0.6) is 0 Å². The van der Waals surface area contributed by atoms with Gasteiger partial charge in [0.05, 0.1) is 18.2 Å². The minimum atomic E-state index is -0.585. The first-order valence-corrected chi connectivity index (χ1v) is 7.74. The normalized spacial score (nSPS) is 20.0. The van der Waals surface area contributed by atoms with E-state index in [0.29, 0.717) is 24.4 Å². The van der Waals surface area contributed by atoms with Gasteiger partial charge >= 0.3 is 0 Å². The Bertz CT molecular complexity index is 495. The molecule has 1 aromatic carbocycles. The topological polar surface area (TPSA) is 52.6 Å². The van der Waals surface area contributed by atoms with Crippen LogP contribution < -0.4 is 5.32 Å². The Labute approximate surface area is 131 Å². The maximum atomic E-state index is 12.1. The van der Waals surface area contributed by atoms with Crippen LogP contribution in [0.2, 0.25) is 5.02 Å². The van der Waals surface area contributed by atoms with Gasteiger partial charge in [0.1, 0.15) is 0 Å². The first kappa shape index (κ1) is 16.3. The molecule has 0 spiro atoms. The van der Waals surface area contributed by atoms with Gasteiger partial charge < -0.3 is 10.4 Å². The lowest BCUT2D eigenvalue weighted by Gasteiger charge is -2.35. The number of hydrogen-bond acceptors (Lipinski definition) is 3. The van der Waals surface area contributed by atoms with E-state index in [0.717, 1.165) is 18.7 Å². The second kappa shape index (κ2) is 6.77. The van der Waals surface area contributed by atoms with Gasteiger partial charge in [-0.2, -0.15) is 0 Å². The third-order valence-electron chi connectivity index (χ3n) is 4.05. The number of aliphatic hydroxyl groups is 1. The van der Waals surface area contributed by atoms with E-state index in [1.54, 1.807) is 0 Å². The fourth-order valence-corrected chi connectivity index (χ4v) is 2.89. The third-order valence-corrected chi connectivity index (χ3v) is 4.39. The van der Waals surface area contributed by atoms with Crippen LogP contribution in [0.3, 0.4) is 0 Å². The molecule has 0 bridgehead atoms. The number of carbonyl (C=O) groups is 1. The van der Waals surface area contributed by atoms with Gasteiger partial charge in [0.15, 0.2) is 0 Å². The molecule has 4 nitrogen and oxygen atoms in total. The average molecular weight is 311 g/mol. The van der Waals surface area contributed by atoms with Crippen molar-refractivity contribution in [3.8, 4) is 0 Å². The molecule has 1 aromatic rings. The lowest BCUT2D eigenvalue weighted by atomic mass is 9.94. The van der Waals surface area contributed by atoms with Gasteiger partial charge in [-0.1, -0.05) is 29.8 Å². The van der Waals surface area contributed by atoms with Crippen LogP contribution in [0.25, 0.3) is 0 Å². The molecule has 2 N–H and O–H groups in total. The van der Waals surface area contributed by atoms with Crippen LogP contribution in [0.4, 0.5) is 0 Å². The number of carbonyl (C=O) groups excluding carboxylic acids is 1. The third kappa shape index (κ3) is 4.70. The second-order valence-electron chi connectivity index (χ2n) is 6.08. The molecule has 0 saturated carbocycles. The zero-order valence-electron chi connectivity index (χ0n) is 12.6.